The van der Waals surface area contributed by atoms with Gasteiger partial charge in [-0.1, -0.05) is 56.7 Å². The fourth-order valence-corrected chi connectivity index (χ4v) is 2.44. The predicted octanol–water partition coefficient (Wildman–Crippen LogP) is 4.65. The normalized spacial score (nSPS) is 17.7. The summed E-state index contributed by atoms with van der Waals surface area (Å²) in [6, 6.07) is 16.9. The van der Waals surface area contributed by atoms with E-state index in [-0.39, 0.29) is 13.1 Å². The molecule has 2 atom stereocenters. The van der Waals surface area contributed by atoms with Crippen molar-refractivity contribution in [2.75, 3.05) is 13.4 Å². The third-order valence-corrected chi connectivity index (χ3v) is 4.20. The van der Waals surface area contributed by atoms with E-state index >= 15 is 0 Å². The van der Waals surface area contributed by atoms with Crippen molar-refractivity contribution in [2.45, 2.75) is 33.0 Å². The van der Waals surface area contributed by atoms with Crippen LogP contribution in [0.5, 0.6) is 5.75 Å². The van der Waals surface area contributed by atoms with Gasteiger partial charge in [-0.2, -0.15) is 0 Å². The summed E-state index contributed by atoms with van der Waals surface area (Å²) in [6.45, 7) is 5.45. The van der Waals surface area contributed by atoms with Crippen molar-refractivity contribution in [1.82, 2.24) is 0 Å². The highest BCUT2D eigenvalue weighted by Gasteiger charge is 2.23. The second kappa shape index (κ2) is 7.62. The molecule has 2 unspecified atom stereocenters. The Morgan fingerprint density at radius 3 is 2.22 bits per heavy atom. The summed E-state index contributed by atoms with van der Waals surface area (Å²) >= 11 is 0. The molecule has 0 aliphatic carbocycles. The minimum atomic E-state index is -0.0665. The number of hydrogen-bond donors (Lipinski definition) is 0. The van der Waals surface area contributed by atoms with E-state index in [0.717, 1.165) is 18.1 Å². The highest BCUT2D eigenvalue weighted by molar-refractivity contribution is 5.64. The Hall–Kier alpha value is -1.84. The van der Waals surface area contributed by atoms with Gasteiger partial charge in [-0.05, 0) is 41.2 Å². The van der Waals surface area contributed by atoms with E-state index < -0.39 is 0 Å². The standard InChI is InChI=1S/C20H24O3/c1-3-15(2)12-16-4-6-17(7-5-16)18-8-10-19(11-9-18)22-14-23-20-13-21-20/h4-11,15,20H,3,12-14H2,1-2H3. The first kappa shape index (κ1) is 16.0. The van der Waals surface area contributed by atoms with Crippen LogP contribution in [0, 0.1) is 5.92 Å². The fraction of sp³-hybridized carbons (Fsp3) is 0.400. The van der Waals surface area contributed by atoms with E-state index in [1.54, 1.807) is 0 Å². The van der Waals surface area contributed by atoms with Crippen LogP contribution < -0.4 is 4.74 Å². The van der Waals surface area contributed by atoms with Crippen LogP contribution in [0.1, 0.15) is 25.8 Å². The summed E-state index contributed by atoms with van der Waals surface area (Å²) in [5, 5.41) is 0. The van der Waals surface area contributed by atoms with Gasteiger partial charge in [0.1, 0.15) is 12.4 Å². The zero-order chi connectivity index (χ0) is 16.1. The lowest BCUT2D eigenvalue weighted by atomic mass is 9.97. The zero-order valence-electron chi connectivity index (χ0n) is 13.8. The molecule has 2 aromatic carbocycles. The molecule has 2 aromatic rings. The van der Waals surface area contributed by atoms with Gasteiger partial charge < -0.3 is 14.2 Å². The highest BCUT2D eigenvalue weighted by atomic mass is 16.8. The summed E-state index contributed by atoms with van der Waals surface area (Å²) in [5.74, 6) is 1.54. The summed E-state index contributed by atoms with van der Waals surface area (Å²) in [5.41, 5.74) is 3.83. The van der Waals surface area contributed by atoms with Crippen molar-refractivity contribution in [1.29, 1.82) is 0 Å². The van der Waals surface area contributed by atoms with Crippen LogP contribution in [-0.4, -0.2) is 19.7 Å². The van der Waals surface area contributed by atoms with Crippen molar-refractivity contribution >= 4 is 0 Å². The molecule has 0 radical (unpaired) electrons. The molecular weight excluding hydrogens is 288 g/mol. The van der Waals surface area contributed by atoms with E-state index in [1.165, 1.54) is 23.1 Å². The van der Waals surface area contributed by atoms with Crippen LogP contribution in [0.15, 0.2) is 48.5 Å². The Labute approximate surface area is 138 Å². The lowest BCUT2D eigenvalue weighted by molar-refractivity contribution is -0.0340. The Kier molecular flexibility index (Phi) is 5.31. The average Bonchev–Trinajstić information content (AvgIpc) is 3.40. The molecule has 3 rings (SSSR count). The van der Waals surface area contributed by atoms with E-state index in [4.69, 9.17) is 14.2 Å². The minimum absolute atomic E-state index is 0.0665. The topological polar surface area (TPSA) is 31.0 Å². The molecule has 1 aliphatic rings. The van der Waals surface area contributed by atoms with E-state index in [0.29, 0.717) is 6.61 Å². The number of rotatable bonds is 8. The Balaban J connectivity index is 1.57. The summed E-state index contributed by atoms with van der Waals surface area (Å²) in [4.78, 5) is 0. The molecule has 1 saturated heterocycles. The van der Waals surface area contributed by atoms with Gasteiger partial charge in [-0.3, -0.25) is 0 Å². The largest absolute Gasteiger partial charge is 0.467 e. The van der Waals surface area contributed by atoms with Gasteiger partial charge in [0.25, 0.3) is 0 Å². The number of ether oxygens (including phenoxy) is 3. The molecule has 0 bridgehead atoms. The molecule has 3 heteroatoms. The Morgan fingerprint density at radius 1 is 1.04 bits per heavy atom. The van der Waals surface area contributed by atoms with Gasteiger partial charge in [0, 0.05) is 0 Å². The first-order valence-corrected chi connectivity index (χ1v) is 8.30. The van der Waals surface area contributed by atoms with Crippen LogP contribution in [0.4, 0.5) is 0 Å². The van der Waals surface area contributed by atoms with Gasteiger partial charge in [0.05, 0.1) is 0 Å². The van der Waals surface area contributed by atoms with E-state index in [9.17, 15) is 0 Å². The van der Waals surface area contributed by atoms with Crippen LogP contribution in [-0.2, 0) is 15.9 Å². The highest BCUT2D eigenvalue weighted by Crippen LogP contribution is 2.24. The first-order chi connectivity index (χ1) is 11.2. The molecule has 1 heterocycles. The second-order valence-electron chi connectivity index (χ2n) is 6.13. The molecule has 0 spiro atoms. The SMILES string of the molecule is CCC(C)Cc1ccc(-c2ccc(OCOC3CO3)cc2)cc1. The van der Waals surface area contributed by atoms with Crippen LogP contribution in [0.3, 0.4) is 0 Å². The van der Waals surface area contributed by atoms with Crippen molar-refractivity contribution in [2.24, 2.45) is 5.92 Å². The maximum absolute atomic E-state index is 5.52. The van der Waals surface area contributed by atoms with Gasteiger partial charge in [-0.25, -0.2) is 0 Å². The van der Waals surface area contributed by atoms with Crippen molar-refractivity contribution in [3.63, 3.8) is 0 Å². The Morgan fingerprint density at radius 2 is 1.65 bits per heavy atom. The van der Waals surface area contributed by atoms with Gasteiger partial charge in [-0.15, -0.1) is 0 Å². The molecule has 0 aromatic heterocycles. The number of epoxide rings is 1. The van der Waals surface area contributed by atoms with Crippen molar-refractivity contribution < 1.29 is 14.2 Å². The van der Waals surface area contributed by atoms with E-state index in [2.05, 4.69) is 50.2 Å². The maximum atomic E-state index is 5.52. The zero-order valence-corrected chi connectivity index (χ0v) is 13.8. The fourth-order valence-electron chi connectivity index (χ4n) is 2.44. The summed E-state index contributed by atoms with van der Waals surface area (Å²) < 4.78 is 15.8. The third-order valence-electron chi connectivity index (χ3n) is 4.20. The quantitative estimate of drug-likeness (QED) is 0.525. The molecule has 0 saturated carbocycles. The molecule has 1 fully saturated rings. The predicted molar refractivity (Wildman–Crippen MR) is 91.4 cm³/mol. The third kappa shape index (κ3) is 4.81. The van der Waals surface area contributed by atoms with E-state index in [1.807, 2.05) is 12.1 Å². The van der Waals surface area contributed by atoms with Crippen molar-refractivity contribution in [3.05, 3.63) is 54.1 Å². The van der Waals surface area contributed by atoms with Crippen LogP contribution in [0.25, 0.3) is 11.1 Å². The molecule has 1 aliphatic heterocycles. The number of benzene rings is 2. The molecule has 0 N–H and O–H groups in total. The maximum Gasteiger partial charge on any atom is 0.192 e. The minimum Gasteiger partial charge on any atom is -0.467 e. The molecule has 0 amide bonds. The molecule has 3 nitrogen and oxygen atoms in total. The average molecular weight is 312 g/mol. The monoisotopic (exact) mass is 312 g/mol. The molecular formula is C20H24O3. The smallest absolute Gasteiger partial charge is 0.192 e. The number of hydrogen-bond acceptors (Lipinski definition) is 3. The Bertz CT molecular complexity index is 600. The summed E-state index contributed by atoms with van der Waals surface area (Å²) in [7, 11) is 0. The van der Waals surface area contributed by atoms with Crippen LogP contribution in [0.2, 0.25) is 0 Å². The molecule has 122 valence electrons. The van der Waals surface area contributed by atoms with Crippen molar-refractivity contribution in [3.8, 4) is 16.9 Å². The lowest BCUT2D eigenvalue weighted by Gasteiger charge is -2.10. The van der Waals surface area contributed by atoms with Gasteiger partial charge >= 0.3 is 0 Å². The molecule has 23 heavy (non-hydrogen) atoms. The second-order valence-corrected chi connectivity index (χ2v) is 6.13. The first-order valence-electron chi connectivity index (χ1n) is 8.30. The van der Waals surface area contributed by atoms with Gasteiger partial charge in [0.15, 0.2) is 13.1 Å². The summed E-state index contributed by atoms with van der Waals surface area (Å²) in [6.07, 6.45) is 2.30. The van der Waals surface area contributed by atoms with Crippen LogP contribution >= 0.6 is 0 Å². The van der Waals surface area contributed by atoms with Gasteiger partial charge in [0.2, 0.25) is 0 Å². The lowest BCUT2D eigenvalue weighted by Crippen LogP contribution is -2.04.